The van der Waals surface area contributed by atoms with Crippen LogP contribution in [0.3, 0.4) is 0 Å². The van der Waals surface area contributed by atoms with E-state index in [0.717, 1.165) is 11.1 Å². The molecule has 44 heavy (non-hydrogen) atoms. The third-order valence-corrected chi connectivity index (χ3v) is 7.60. The van der Waals surface area contributed by atoms with Gasteiger partial charge >= 0.3 is 0 Å². The van der Waals surface area contributed by atoms with Crippen LogP contribution in [0, 0.1) is 0 Å². The lowest BCUT2D eigenvalue weighted by Gasteiger charge is -2.28. The Hall–Kier alpha value is -4.58. The monoisotopic (exact) mass is 592 g/mol. The summed E-state index contributed by atoms with van der Waals surface area (Å²) >= 11 is 0. The Bertz CT molecular complexity index is 1320. The topological polar surface area (TPSA) is 59.1 Å². The molecular weight excluding hydrogens is 548 g/mol. The molecule has 0 radical (unpaired) electrons. The van der Waals surface area contributed by atoms with Gasteiger partial charge in [-0.05, 0) is 58.4 Å². The number of rotatable bonds is 15. The number of benzene rings is 4. The second-order valence-electron chi connectivity index (χ2n) is 11.6. The molecule has 0 bridgehead atoms. The van der Waals surface area contributed by atoms with Crippen LogP contribution in [0.1, 0.15) is 61.8 Å². The zero-order chi connectivity index (χ0) is 31.3. The van der Waals surface area contributed by atoms with E-state index >= 15 is 0 Å². The zero-order valence-corrected chi connectivity index (χ0v) is 26.3. The van der Waals surface area contributed by atoms with Crippen LogP contribution in [0.4, 0.5) is 0 Å². The van der Waals surface area contributed by atoms with Crippen molar-refractivity contribution in [3.05, 3.63) is 131 Å². The predicted octanol–water partition coefficient (Wildman–Crippen LogP) is 7.45. The van der Waals surface area contributed by atoms with Crippen LogP contribution < -0.4 is 9.47 Å². The molecule has 4 aromatic rings. The summed E-state index contributed by atoms with van der Waals surface area (Å²) in [7, 11) is 0. The molecule has 0 aliphatic heterocycles. The average molecular weight is 593 g/mol. The first-order chi connectivity index (χ1) is 21.3. The van der Waals surface area contributed by atoms with Crippen molar-refractivity contribution >= 4 is 11.8 Å². The van der Waals surface area contributed by atoms with Gasteiger partial charge in [0.25, 0.3) is 11.8 Å². The zero-order valence-electron chi connectivity index (χ0n) is 26.3. The van der Waals surface area contributed by atoms with Crippen molar-refractivity contribution in [2.24, 2.45) is 0 Å². The van der Waals surface area contributed by atoms with Gasteiger partial charge in [-0.15, -0.1) is 0 Å². The summed E-state index contributed by atoms with van der Waals surface area (Å²) in [5, 5.41) is 0. The Morgan fingerprint density at radius 3 is 1.18 bits per heavy atom. The fourth-order valence-corrected chi connectivity index (χ4v) is 4.80. The minimum atomic E-state index is -0.143. The van der Waals surface area contributed by atoms with Crippen molar-refractivity contribution in [1.82, 2.24) is 9.80 Å². The van der Waals surface area contributed by atoms with Crippen LogP contribution >= 0.6 is 0 Å². The summed E-state index contributed by atoms with van der Waals surface area (Å²) in [5.41, 5.74) is 4.45. The molecule has 6 nitrogen and oxygen atoms in total. The van der Waals surface area contributed by atoms with Crippen LogP contribution in [0.5, 0.6) is 11.5 Å². The molecule has 0 spiro atoms. The summed E-state index contributed by atoms with van der Waals surface area (Å²) in [6.45, 7) is 9.93. The lowest BCUT2D eigenvalue weighted by atomic mass is 10.0. The van der Waals surface area contributed by atoms with Crippen molar-refractivity contribution in [3.63, 3.8) is 0 Å². The quantitative estimate of drug-likeness (QED) is 0.144. The van der Waals surface area contributed by atoms with Crippen LogP contribution in [0.2, 0.25) is 0 Å². The largest absolute Gasteiger partial charge is 0.484 e. The average Bonchev–Trinajstić information content (AvgIpc) is 3.05. The van der Waals surface area contributed by atoms with E-state index in [1.165, 1.54) is 11.1 Å². The van der Waals surface area contributed by atoms with Gasteiger partial charge in [-0.3, -0.25) is 9.59 Å². The Labute approximate surface area is 262 Å². The summed E-state index contributed by atoms with van der Waals surface area (Å²) in [5.74, 6) is 1.86. The van der Waals surface area contributed by atoms with E-state index in [4.69, 9.17) is 9.47 Å². The smallest absolute Gasteiger partial charge is 0.260 e. The van der Waals surface area contributed by atoms with Gasteiger partial charge in [0, 0.05) is 26.2 Å². The van der Waals surface area contributed by atoms with E-state index in [2.05, 4.69) is 27.7 Å². The molecule has 4 rings (SSSR count). The van der Waals surface area contributed by atoms with Crippen molar-refractivity contribution in [2.45, 2.75) is 52.6 Å². The maximum Gasteiger partial charge on any atom is 0.260 e. The van der Waals surface area contributed by atoms with Gasteiger partial charge in [-0.25, -0.2) is 0 Å². The molecule has 0 atom stereocenters. The Kier molecular flexibility index (Phi) is 12.0. The third-order valence-electron chi connectivity index (χ3n) is 7.60. The minimum Gasteiger partial charge on any atom is -0.484 e. The molecule has 0 fully saturated rings. The van der Waals surface area contributed by atoms with Crippen LogP contribution in [0.25, 0.3) is 0 Å². The Morgan fingerprint density at radius 2 is 0.864 bits per heavy atom. The van der Waals surface area contributed by atoms with Gasteiger partial charge < -0.3 is 19.3 Å². The SMILES string of the molecule is CC(C)c1ccc(OCC(=O)N(CCN(Cc2ccccc2)C(=O)COc2ccc(C(C)C)cc2)Cc2ccccc2)cc1. The van der Waals surface area contributed by atoms with Gasteiger partial charge in [-0.1, -0.05) is 113 Å². The maximum atomic E-state index is 13.5. The van der Waals surface area contributed by atoms with Crippen LogP contribution in [-0.4, -0.2) is 47.9 Å². The lowest BCUT2D eigenvalue weighted by Crippen LogP contribution is -2.43. The highest BCUT2D eigenvalue weighted by atomic mass is 16.5. The Morgan fingerprint density at radius 1 is 0.523 bits per heavy atom. The van der Waals surface area contributed by atoms with E-state index in [9.17, 15) is 9.59 Å². The van der Waals surface area contributed by atoms with Crippen LogP contribution in [0.15, 0.2) is 109 Å². The van der Waals surface area contributed by atoms with Gasteiger partial charge in [0.2, 0.25) is 0 Å². The maximum absolute atomic E-state index is 13.5. The number of amides is 2. The van der Waals surface area contributed by atoms with Crippen LogP contribution in [-0.2, 0) is 22.7 Å². The predicted molar refractivity (Wildman–Crippen MR) is 176 cm³/mol. The van der Waals surface area contributed by atoms with Crippen molar-refractivity contribution < 1.29 is 19.1 Å². The van der Waals surface area contributed by atoms with E-state index in [1.807, 2.05) is 109 Å². The molecule has 6 heteroatoms. The summed E-state index contributed by atoms with van der Waals surface area (Å²) < 4.78 is 11.8. The number of carbonyl (C=O) groups is 2. The molecule has 230 valence electrons. The first-order valence-corrected chi connectivity index (χ1v) is 15.4. The molecule has 0 N–H and O–H groups in total. The third kappa shape index (κ3) is 10.0. The number of hydrogen-bond acceptors (Lipinski definition) is 4. The molecule has 0 heterocycles. The molecule has 0 aliphatic rings. The molecule has 0 unspecified atom stereocenters. The second kappa shape index (κ2) is 16.3. The van der Waals surface area contributed by atoms with E-state index in [0.29, 0.717) is 49.5 Å². The van der Waals surface area contributed by atoms with Crippen molar-refractivity contribution in [3.8, 4) is 11.5 Å². The summed E-state index contributed by atoms with van der Waals surface area (Å²) in [6.07, 6.45) is 0. The van der Waals surface area contributed by atoms with E-state index < -0.39 is 0 Å². The Balaban J connectivity index is 1.44. The highest BCUT2D eigenvalue weighted by Gasteiger charge is 2.20. The van der Waals surface area contributed by atoms with Gasteiger partial charge in [0.1, 0.15) is 11.5 Å². The van der Waals surface area contributed by atoms with E-state index in [1.54, 1.807) is 9.80 Å². The molecule has 0 aromatic heterocycles. The minimum absolute atomic E-state index is 0.0873. The van der Waals surface area contributed by atoms with Gasteiger partial charge in [0.15, 0.2) is 13.2 Å². The van der Waals surface area contributed by atoms with Gasteiger partial charge in [-0.2, -0.15) is 0 Å². The fourth-order valence-electron chi connectivity index (χ4n) is 4.80. The molecule has 2 amide bonds. The lowest BCUT2D eigenvalue weighted by molar-refractivity contribution is -0.138. The summed E-state index contributed by atoms with van der Waals surface area (Å²) in [6, 6.07) is 35.5. The number of nitrogens with zero attached hydrogens (tertiary/aromatic N) is 2. The normalized spacial score (nSPS) is 11.0. The number of hydrogen-bond donors (Lipinski definition) is 0. The molecular formula is C38H44N2O4. The first kappa shape index (κ1) is 32.3. The van der Waals surface area contributed by atoms with Gasteiger partial charge in [0.05, 0.1) is 0 Å². The number of carbonyl (C=O) groups excluding carboxylic acids is 2. The number of ether oxygens (including phenoxy) is 2. The van der Waals surface area contributed by atoms with E-state index in [-0.39, 0.29) is 25.0 Å². The molecule has 0 saturated carbocycles. The molecule has 4 aromatic carbocycles. The summed E-state index contributed by atoms with van der Waals surface area (Å²) in [4.78, 5) is 30.5. The second-order valence-corrected chi connectivity index (χ2v) is 11.6. The van der Waals surface area contributed by atoms with Crippen molar-refractivity contribution in [2.75, 3.05) is 26.3 Å². The highest BCUT2D eigenvalue weighted by molar-refractivity contribution is 5.79. The molecule has 0 aliphatic carbocycles. The van der Waals surface area contributed by atoms with Crippen molar-refractivity contribution in [1.29, 1.82) is 0 Å². The highest BCUT2D eigenvalue weighted by Crippen LogP contribution is 2.20. The fraction of sp³-hybridized carbons (Fsp3) is 0.316. The first-order valence-electron chi connectivity index (χ1n) is 15.4. The molecule has 0 saturated heterocycles. The standard InChI is InChI=1S/C38H44N2O4/c1-29(2)33-15-19-35(20-16-33)43-27-37(41)39(25-31-11-7-5-8-12-31)23-24-40(26-32-13-9-6-10-14-32)38(42)28-44-36-21-17-34(18-22-36)30(3)4/h5-22,29-30H,23-28H2,1-4H3.